The van der Waals surface area contributed by atoms with Gasteiger partial charge >= 0.3 is 5.97 Å². The van der Waals surface area contributed by atoms with Crippen molar-refractivity contribution in [3.05, 3.63) is 40.4 Å². The molecule has 142 valence electrons. The minimum atomic E-state index is -1.07. The first-order valence-electron chi connectivity index (χ1n) is 7.85. The zero-order valence-electron chi connectivity index (χ0n) is 15.2. The standard InChI is InChI=1S/C18H17ClFN3O4/c1-10-14(16(22-27-10)15-11(19)6-5-7-12(15)20)17(25)26-8-13(24)23(4)18(2,3)9-21/h5-7H,8H2,1-4H3. The van der Waals surface area contributed by atoms with Gasteiger partial charge < -0.3 is 14.2 Å². The molecule has 7 nitrogen and oxygen atoms in total. The van der Waals surface area contributed by atoms with E-state index in [0.29, 0.717) is 0 Å². The number of hydrogen-bond acceptors (Lipinski definition) is 6. The summed E-state index contributed by atoms with van der Waals surface area (Å²) in [7, 11) is 1.43. The Balaban J connectivity index is 2.25. The number of carbonyl (C=O) groups excluding carboxylic acids is 2. The minimum absolute atomic E-state index is 0.0453. The van der Waals surface area contributed by atoms with Crippen LogP contribution in [0.15, 0.2) is 22.7 Å². The quantitative estimate of drug-likeness (QED) is 0.722. The van der Waals surface area contributed by atoms with Crippen LogP contribution in [0.25, 0.3) is 11.3 Å². The first kappa shape index (κ1) is 20.4. The summed E-state index contributed by atoms with van der Waals surface area (Å²) >= 11 is 6.02. The second-order valence-electron chi connectivity index (χ2n) is 6.26. The zero-order chi connectivity index (χ0) is 20.4. The summed E-state index contributed by atoms with van der Waals surface area (Å²) in [5.41, 5.74) is -1.41. The van der Waals surface area contributed by atoms with E-state index in [4.69, 9.17) is 26.1 Å². The molecular formula is C18H17ClFN3O4. The van der Waals surface area contributed by atoms with Crippen molar-refractivity contribution in [2.24, 2.45) is 0 Å². The van der Waals surface area contributed by atoms with Gasteiger partial charge in [-0.1, -0.05) is 22.8 Å². The van der Waals surface area contributed by atoms with Crippen molar-refractivity contribution in [3.63, 3.8) is 0 Å². The lowest BCUT2D eigenvalue weighted by Gasteiger charge is -2.28. The third-order valence-electron chi connectivity index (χ3n) is 4.08. The summed E-state index contributed by atoms with van der Waals surface area (Å²) in [5, 5.41) is 12.8. The monoisotopic (exact) mass is 393 g/mol. The lowest BCUT2D eigenvalue weighted by atomic mass is 10.1. The topological polar surface area (TPSA) is 96.4 Å². The summed E-state index contributed by atoms with van der Waals surface area (Å²) in [6.07, 6.45) is 0. The van der Waals surface area contributed by atoms with Gasteiger partial charge in [-0.3, -0.25) is 4.79 Å². The minimum Gasteiger partial charge on any atom is -0.452 e. The van der Waals surface area contributed by atoms with Crippen LogP contribution < -0.4 is 0 Å². The predicted octanol–water partition coefficient (Wildman–Crippen LogP) is 3.36. The van der Waals surface area contributed by atoms with Crippen molar-refractivity contribution in [2.45, 2.75) is 26.3 Å². The Hall–Kier alpha value is -2.92. The van der Waals surface area contributed by atoms with E-state index in [9.17, 15) is 14.0 Å². The summed E-state index contributed by atoms with van der Waals surface area (Å²) in [4.78, 5) is 25.8. The number of aromatic nitrogens is 1. The molecule has 1 aromatic carbocycles. The van der Waals surface area contributed by atoms with Gasteiger partial charge in [-0.25, -0.2) is 9.18 Å². The van der Waals surface area contributed by atoms with Gasteiger partial charge in [0.15, 0.2) is 6.61 Å². The zero-order valence-corrected chi connectivity index (χ0v) is 15.9. The second kappa shape index (κ2) is 7.76. The number of ether oxygens (including phenoxy) is 1. The fourth-order valence-electron chi connectivity index (χ4n) is 2.19. The fourth-order valence-corrected chi connectivity index (χ4v) is 2.44. The highest BCUT2D eigenvalue weighted by molar-refractivity contribution is 6.33. The third kappa shape index (κ3) is 4.09. The number of halogens is 2. The molecule has 0 bridgehead atoms. The molecule has 0 radical (unpaired) electrons. The van der Waals surface area contributed by atoms with Crippen LogP contribution >= 0.6 is 11.6 Å². The van der Waals surface area contributed by atoms with Crippen molar-refractivity contribution < 1.29 is 23.2 Å². The number of amides is 1. The number of nitriles is 1. The molecule has 2 rings (SSSR count). The van der Waals surface area contributed by atoms with Gasteiger partial charge in [-0.05, 0) is 32.9 Å². The second-order valence-corrected chi connectivity index (χ2v) is 6.67. The number of benzene rings is 1. The maximum absolute atomic E-state index is 14.2. The molecule has 1 heterocycles. The van der Waals surface area contributed by atoms with Gasteiger partial charge in [0.1, 0.15) is 28.4 Å². The van der Waals surface area contributed by atoms with Crippen molar-refractivity contribution in [1.29, 1.82) is 5.26 Å². The number of esters is 1. The molecular weight excluding hydrogens is 377 g/mol. The molecule has 27 heavy (non-hydrogen) atoms. The third-order valence-corrected chi connectivity index (χ3v) is 4.39. The van der Waals surface area contributed by atoms with Crippen LogP contribution in [0.2, 0.25) is 5.02 Å². The summed E-state index contributed by atoms with van der Waals surface area (Å²) in [6, 6.07) is 6.00. The molecule has 1 amide bonds. The first-order chi connectivity index (χ1) is 12.6. The Morgan fingerprint density at radius 2 is 2.11 bits per heavy atom. The summed E-state index contributed by atoms with van der Waals surface area (Å²) in [6.45, 7) is 3.95. The molecule has 2 aromatic rings. The number of aryl methyl sites for hydroxylation is 1. The van der Waals surface area contributed by atoms with Crippen LogP contribution in [0.5, 0.6) is 0 Å². The molecule has 0 aliphatic heterocycles. The number of hydrogen-bond donors (Lipinski definition) is 0. The number of rotatable bonds is 5. The molecule has 0 aliphatic rings. The van der Waals surface area contributed by atoms with Crippen molar-refractivity contribution in [1.82, 2.24) is 10.1 Å². The molecule has 0 fully saturated rings. The Labute approximate surface area is 160 Å². The van der Waals surface area contributed by atoms with E-state index in [1.165, 1.54) is 32.2 Å². The van der Waals surface area contributed by atoms with Crippen LogP contribution in [-0.4, -0.2) is 41.1 Å². The van der Waals surface area contributed by atoms with Crippen molar-refractivity contribution in [3.8, 4) is 17.3 Å². The van der Waals surface area contributed by atoms with Gasteiger partial charge in [-0.2, -0.15) is 5.26 Å². The molecule has 1 aromatic heterocycles. The Morgan fingerprint density at radius 3 is 2.70 bits per heavy atom. The number of carbonyl (C=O) groups is 2. The van der Waals surface area contributed by atoms with E-state index in [0.717, 1.165) is 4.90 Å². The number of likely N-dealkylation sites (N-methyl/N-ethyl adjacent to an activating group) is 1. The molecule has 0 spiro atoms. The van der Waals surface area contributed by atoms with Gasteiger partial charge in [0.05, 0.1) is 16.7 Å². The average molecular weight is 394 g/mol. The highest BCUT2D eigenvalue weighted by atomic mass is 35.5. The molecule has 0 unspecified atom stereocenters. The van der Waals surface area contributed by atoms with E-state index in [1.807, 2.05) is 6.07 Å². The Kier molecular flexibility index (Phi) is 5.86. The van der Waals surface area contributed by atoms with Crippen LogP contribution in [0.3, 0.4) is 0 Å². The lowest BCUT2D eigenvalue weighted by Crippen LogP contribution is -2.45. The Morgan fingerprint density at radius 1 is 1.44 bits per heavy atom. The first-order valence-corrected chi connectivity index (χ1v) is 8.23. The fraction of sp³-hybridized carbons (Fsp3) is 0.333. The maximum atomic E-state index is 14.2. The van der Waals surface area contributed by atoms with E-state index in [1.54, 1.807) is 13.8 Å². The average Bonchev–Trinajstić information content (AvgIpc) is 2.99. The normalized spacial score (nSPS) is 11.0. The van der Waals surface area contributed by atoms with Crippen LogP contribution in [0.4, 0.5) is 4.39 Å². The van der Waals surface area contributed by atoms with E-state index < -0.39 is 29.8 Å². The molecule has 0 N–H and O–H groups in total. The van der Waals surface area contributed by atoms with Crippen molar-refractivity contribution in [2.75, 3.05) is 13.7 Å². The molecule has 0 atom stereocenters. The number of nitrogens with zero attached hydrogens (tertiary/aromatic N) is 3. The molecule has 0 aliphatic carbocycles. The smallest absolute Gasteiger partial charge is 0.344 e. The maximum Gasteiger partial charge on any atom is 0.344 e. The highest BCUT2D eigenvalue weighted by Crippen LogP contribution is 2.33. The molecule has 0 saturated heterocycles. The van der Waals surface area contributed by atoms with Gasteiger partial charge in [0, 0.05) is 7.05 Å². The van der Waals surface area contributed by atoms with Crippen LogP contribution in [0.1, 0.15) is 30.0 Å². The van der Waals surface area contributed by atoms with Crippen LogP contribution in [-0.2, 0) is 9.53 Å². The summed E-state index contributed by atoms with van der Waals surface area (Å²) < 4.78 is 24.2. The van der Waals surface area contributed by atoms with Gasteiger partial charge in [0.25, 0.3) is 5.91 Å². The lowest BCUT2D eigenvalue weighted by molar-refractivity contribution is -0.136. The molecule has 0 saturated carbocycles. The largest absolute Gasteiger partial charge is 0.452 e. The van der Waals surface area contributed by atoms with Crippen LogP contribution in [0, 0.1) is 24.1 Å². The summed E-state index contributed by atoms with van der Waals surface area (Å²) in [5.74, 6) is -2.09. The van der Waals surface area contributed by atoms with Gasteiger partial charge in [0.2, 0.25) is 0 Å². The highest BCUT2D eigenvalue weighted by Gasteiger charge is 2.30. The Bertz CT molecular complexity index is 913. The van der Waals surface area contributed by atoms with E-state index in [-0.39, 0.29) is 27.6 Å². The predicted molar refractivity (Wildman–Crippen MR) is 94.4 cm³/mol. The molecule has 9 heteroatoms. The van der Waals surface area contributed by atoms with Gasteiger partial charge in [-0.15, -0.1) is 0 Å². The van der Waals surface area contributed by atoms with E-state index >= 15 is 0 Å². The van der Waals surface area contributed by atoms with Crippen molar-refractivity contribution >= 4 is 23.5 Å². The van der Waals surface area contributed by atoms with E-state index in [2.05, 4.69) is 5.16 Å². The SMILES string of the molecule is Cc1onc(-c2c(F)cccc2Cl)c1C(=O)OCC(=O)N(C)C(C)(C)C#N.